The van der Waals surface area contributed by atoms with Crippen molar-refractivity contribution < 1.29 is 4.79 Å². The minimum Gasteiger partial charge on any atom is -0.387 e. The molecule has 0 heterocycles. The molecule has 2 aromatic carbocycles. The third kappa shape index (κ3) is 2.81. The van der Waals surface area contributed by atoms with Crippen LogP contribution in [0.15, 0.2) is 48.5 Å². The van der Waals surface area contributed by atoms with Gasteiger partial charge in [0.25, 0.3) is 5.91 Å². The van der Waals surface area contributed by atoms with Crippen LogP contribution in [0.4, 0.5) is 11.4 Å². The zero-order valence-electron chi connectivity index (χ0n) is 9.91. The second-order valence-corrected chi connectivity index (χ2v) is 4.20. The number of halogens is 1. The number of carbonyl (C=O) groups excluding carboxylic acids is 1. The van der Waals surface area contributed by atoms with Gasteiger partial charge in [0, 0.05) is 23.4 Å². The first kappa shape index (κ1) is 12.5. The Hall–Kier alpha value is -2.00. The molecule has 0 atom stereocenters. The number of anilines is 2. The third-order valence-electron chi connectivity index (χ3n) is 2.53. The van der Waals surface area contributed by atoms with Crippen LogP contribution in [0, 0.1) is 0 Å². The van der Waals surface area contributed by atoms with Crippen molar-refractivity contribution in [1.29, 1.82) is 0 Å². The molecule has 4 heteroatoms. The van der Waals surface area contributed by atoms with E-state index in [1.807, 2.05) is 30.3 Å². The largest absolute Gasteiger partial charge is 0.387 e. The first-order chi connectivity index (χ1) is 8.70. The van der Waals surface area contributed by atoms with E-state index in [9.17, 15) is 4.79 Å². The van der Waals surface area contributed by atoms with E-state index >= 15 is 0 Å². The number of benzene rings is 2. The van der Waals surface area contributed by atoms with Crippen molar-refractivity contribution in [3.8, 4) is 0 Å². The van der Waals surface area contributed by atoms with E-state index in [-0.39, 0.29) is 5.91 Å². The molecule has 0 radical (unpaired) electrons. The van der Waals surface area contributed by atoms with Crippen molar-refractivity contribution in [1.82, 2.24) is 0 Å². The lowest BCUT2D eigenvalue weighted by molar-refractivity contribution is 0.102. The van der Waals surface area contributed by atoms with E-state index in [0.717, 1.165) is 5.69 Å². The Morgan fingerprint density at radius 3 is 2.50 bits per heavy atom. The van der Waals surface area contributed by atoms with Crippen LogP contribution >= 0.6 is 11.6 Å². The molecule has 0 saturated carbocycles. The monoisotopic (exact) mass is 260 g/mol. The van der Waals surface area contributed by atoms with Crippen LogP contribution in [-0.4, -0.2) is 13.0 Å². The van der Waals surface area contributed by atoms with Crippen molar-refractivity contribution in [3.63, 3.8) is 0 Å². The standard InChI is InChI=1S/C14H13ClN2O/c1-16-13-9-10(15)7-8-12(13)14(18)17-11-5-3-2-4-6-11/h2-9,16H,1H3,(H,17,18). The summed E-state index contributed by atoms with van der Waals surface area (Å²) in [5, 5.41) is 6.38. The zero-order valence-corrected chi connectivity index (χ0v) is 10.7. The van der Waals surface area contributed by atoms with Crippen molar-refractivity contribution in [2.24, 2.45) is 0 Å². The highest BCUT2D eigenvalue weighted by atomic mass is 35.5. The molecule has 1 amide bonds. The number of nitrogens with one attached hydrogen (secondary N) is 2. The van der Waals surface area contributed by atoms with Crippen molar-refractivity contribution in [2.75, 3.05) is 17.7 Å². The summed E-state index contributed by atoms with van der Waals surface area (Å²) in [6, 6.07) is 14.4. The predicted molar refractivity (Wildman–Crippen MR) is 75.4 cm³/mol. The molecule has 0 fully saturated rings. The first-order valence-electron chi connectivity index (χ1n) is 5.54. The lowest BCUT2D eigenvalue weighted by Crippen LogP contribution is -2.13. The van der Waals surface area contributed by atoms with Crippen LogP contribution in [0.5, 0.6) is 0 Å². The number of para-hydroxylation sites is 1. The summed E-state index contributed by atoms with van der Waals surface area (Å²) >= 11 is 5.89. The molecule has 0 aliphatic rings. The normalized spacial score (nSPS) is 9.89. The molecule has 0 unspecified atom stereocenters. The molecular formula is C14H13ClN2O. The van der Waals surface area contributed by atoms with Crippen LogP contribution < -0.4 is 10.6 Å². The van der Waals surface area contributed by atoms with Gasteiger partial charge >= 0.3 is 0 Å². The predicted octanol–water partition coefficient (Wildman–Crippen LogP) is 3.63. The molecular weight excluding hydrogens is 248 g/mol. The first-order valence-corrected chi connectivity index (χ1v) is 5.92. The fraction of sp³-hybridized carbons (Fsp3) is 0.0714. The van der Waals surface area contributed by atoms with E-state index < -0.39 is 0 Å². The number of rotatable bonds is 3. The highest BCUT2D eigenvalue weighted by molar-refractivity contribution is 6.31. The average Bonchev–Trinajstić information content (AvgIpc) is 2.39. The number of amides is 1. The fourth-order valence-electron chi connectivity index (χ4n) is 1.64. The Morgan fingerprint density at radius 1 is 1.11 bits per heavy atom. The molecule has 0 bridgehead atoms. The smallest absolute Gasteiger partial charge is 0.257 e. The van der Waals surface area contributed by atoms with E-state index in [4.69, 9.17) is 11.6 Å². The minimum atomic E-state index is -0.165. The molecule has 0 aliphatic carbocycles. The van der Waals surface area contributed by atoms with Gasteiger partial charge in [0.15, 0.2) is 0 Å². The molecule has 0 aliphatic heterocycles. The molecule has 2 aromatic rings. The van der Waals surface area contributed by atoms with Crippen LogP contribution in [0.3, 0.4) is 0 Å². The van der Waals surface area contributed by atoms with Crippen molar-refractivity contribution in [2.45, 2.75) is 0 Å². The van der Waals surface area contributed by atoms with Gasteiger partial charge in [-0.3, -0.25) is 4.79 Å². The molecule has 92 valence electrons. The van der Waals surface area contributed by atoms with Gasteiger partial charge in [-0.05, 0) is 30.3 Å². The van der Waals surface area contributed by atoms with Gasteiger partial charge in [-0.25, -0.2) is 0 Å². The second kappa shape index (κ2) is 5.56. The van der Waals surface area contributed by atoms with Gasteiger partial charge in [-0.15, -0.1) is 0 Å². The van der Waals surface area contributed by atoms with Crippen LogP contribution in [0.1, 0.15) is 10.4 Å². The molecule has 2 N–H and O–H groups in total. The summed E-state index contributed by atoms with van der Waals surface area (Å²) in [7, 11) is 1.75. The summed E-state index contributed by atoms with van der Waals surface area (Å²) in [6.45, 7) is 0. The Kier molecular flexibility index (Phi) is 3.85. The summed E-state index contributed by atoms with van der Waals surface area (Å²) in [6.07, 6.45) is 0. The van der Waals surface area contributed by atoms with Crippen LogP contribution in [0.25, 0.3) is 0 Å². The van der Waals surface area contributed by atoms with E-state index in [0.29, 0.717) is 16.3 Å². The fourth-order valence-corrected chi connectivity index (χ4v) is 1.81. The topological polar surface area (TPSA) is 41.1 Å². The van der Waals surface area contributed by atoms with Gasteiger partial charge in [-0.2, -0.15) is 0 Å². The van der Waals surface area contributed by atoms with Gasteiger partial charge in [0.1, 0.15) is 0 Å². The van der Waals surface area contributed by atoms with Gasteiger partial charge in [0.05, 0.1) is 5.56 Å². The maximum atomic E-state index is 12.1. The Bertz CT molecular complexity index is 555. The van der Waals surface area contributed by atoms with Crippen LogP contribution in [0.2, 0.25) is 5.02 Å². The number of hydrogen-bond donors (Lipinski definition) is 2. The van der Waals surface area contributed by atoms with Gasteiger partial charge < -0.3 is 10.6 Å². The zero-order chi connectivity index (χ0) is 13.0. The molecule has 18 heavy (non-hydrogen) atoms. The quantitative estimate of drug-likeness (QED) is 0.885. The third-order valence-corrected chi connectivity index (χ3v) is 2.76. The Balaban J connectivity index is 2.24. The average molecular weight is 261 g/mol. The van der Waals surface area contributed by atoms with E-state index in [1.54, 1.807) is 25.2 Å². The van der Waals surface area contributed by atoms with Crippen molar-refractivity contribution in [3.05, 3.63) is 59.1 Å². The summed E-state index contributed by atoms with van der Waals surface area (Å²) in [4.78, 5) is 12.1. The molecule has 0 saturated heterocycles. The summed E-state index contributed by atoms with van der Waals surface area (Å²) < 4.78 is 0. The Labute approximate surface area is 111 Å². The second-order valence-electron chi connectivity index (χ2n) is 3.76. The van der Waals surface area contributed by atoms with Gasteiger partial charge in [0.2, 0.25) is 0 Å². The summed E-state index contributed by atoms with van der Waals surface area (Å²) in [5.74, 6) is -0.165. The molecule has 3 nitrogen and oxygen atoms in total. The molecule has 0 spiro atoms. The van der Waals surface area contributed by atoms with E-state index in [2.05, 4.69) is 10.6 Å². The number of hydrogen-bond acceptors (Lipinski definition) is 2. The lowest BCUT2D eigenvalue weighted by atomic mass is 10.1. The highest BCUT2D eigenvalue weighted by Crippen LogP contribution is 2.21. The maximum Gasteiger partial charge on any atom is 0.257 e. The SMILES string of the molecule is CNc1cc(Cl)ccc1C(=O)Nc1ccccc1. The van der Waals surface area contributed by atoms with Crippen LogP contribution in [-0.2, 0) is 0 Å². The highest BCUT2D eigenvalue weighted by Gasteiger charge is 2.11. The summed E-state index contributed by atoms with van der Waals surface area (Å²) in [5.41, 5.74) is 2.03. The lowest BCUT2D eigenvalue weighted by Gasteiger charge is -2.10. The molecule has 2 rings (SSSR count). The minimum absolute atomic E-state index is 0.165. The molecule has 0 aromatic heterocycles. The number of carbonyl (C=O) groups is 1. The Morgan fingerprint density at radius 2 is 1.83 bits per heavy atom. The maximum absolute atomic E-state index is 12.1. The van der Waals surface area contributed by atoms with Gasteiger partial charge in [-0.1, -0.05) is 29.8 Å². The van der Waals surface area contributed by atoms with E-state index in [1.165, 1.54) is 0 Å². The van der Waals surface area contributed by atoms with Crippen molar-refractivity contribution >= 4 is 28.9 Å².